The van der Waals surface area contributed by atoms with E-state index < -0.39 is 6.10 Å². The number of hydrogen-bond donors (Lipinski definition) is 2. The molecule has 0 bridgehead atoms. The molecule has 0 saturated heterocycles. The van der Waals surface area contributed by atoms with Gasteiger partial charge in [0.2, 0.25) is 0 Å². The van der Waals surface area contributed by atoms with Gasteiger partial charge in [0.1, 0.15) is 0 Å². The quantitative estimate of drug-likeness (QED) is 0.658. The zero-order valence-corrected chi connectivity index (χ0v) is 15.6. The predicted octanol–water partition coefficient (Wildman–Crippen LogP) is 4.35. The van der Waals surface area contributed by atoms with Crippen molar-refractivity contribution in [2.75, 3.05) is 19.8 Å². The number of nitrogens with one attached hydrogen (secondary N) is 1. The Kier molecular flexibility index (Phi) is 8.06. The standard InChI is InChI=1S/C20H26ClNO3/c1-3-10-25-20-12-17(21)16(11-19(20)24-4-2)13-22-14-18(23)15-8-6-5-7-9-15/h5-9,11-12,18,22-23H,3-4,10,13-14H2,1-2H3. The monoisotopic (exact) mass is 363 g/mol. The van der Waals surface area contributed by atoms with Crippen LogP contribution in [0.5, 0.6) is 11.5 Å². The molecule has 0 spiro atoms. The van der Waals surface area contributed by atoms with Crippen molar-refractivity contribution in [3.8, 4) is 11.5 Å². The lowest BCUT2D eigenvalue weighted by Crippen LogP contribution is -2.21. The minimum atomic E-state index is -0.557. The number of halogens is 1. The average Bonchev–Trinajstić information content (AvgIpc) is 2.63. The van der Waals surface area contributed by atoms with E-state index >= 15 is 0 Å². The molecule has 0 aliphatic heterocycles. The maximum atomic E-state index is 10.2. The fourth-order valence-electron chi connectivity index (χ4n) is 2.44. The molecule has 2 aromatic rings. The highest BCUT2D eigenvalue weighted by atomic mass is 35.5. The van der Waals surface area contributed by atoms with Gasteiger partial charge in [0.25, 0.3) is 0 Å². The van der Waals surface area contributed by atoms with E-state index in [1.54, 1.807) is 6.07 Å². The number of rotatable bonds is 10. The van der Waals surface area contributed by atoms with Crippen molar-refractivity contribution in [2.24, 2.45) is 0 Å². The van der Waals surface area contributed by atoms with E-state index in [9.17, 15) is 5.11 Å². The minimum absolute atomic E-state index is 0.443. The first-order chi connectivity index (χ1) is 12.2. The molecule has 0 aromatic heterocycles. The third-order valence-electron chi connectivity index (χ3n) is 3.71. The summed E-state index contributed by atoms with van der Waals surface area (Å²) >= 11 is 6.37. The number of ether oxygens (including phenoxy) is 2. The lowest BCUT2D eigenvalue weighted by Gasteiger charge is -2.16. The second-order valence-electron chi connectivity index (χ2n) is 5.73. The maximum Gasteiger partial charge on any atom is 0.162 e. The van der Waals surface area contributed by atoms with Gasteiger partial charge < -0.3 is 19.9 Å². The summed E-state index contributed by atoms with van der Waals surface area (Å²) in [6.07, 6.45) is 0.364. The summed E-state index contributed by atoms with van der Waals surface area (Å²) in [6.45, 7) is 6.15. The van der Waals surface area contributed by atoms with Gasteiger partial charge in [0, 0.05) is 24.2 Å². The van der Waals surface area contributed by atoms with Crippen LogP contribution in [-0.4, -0.2) is 24.9 Å². The SMILES string of the molecule is CCCOc1cc(Cl)c(CNCC(O)c2ccccc2)cc1OCC. The molecule has 1 unspecified atom stereocenters. The summed E-state index contributed by atoms with van der Waals surface area (Å²) in [5, 5.41) is 14.1. The number of hydrogen-bond acceptors (Lipinski definition) is 4. The number of benzene rings is 2. The Morgan fingerprint density at radius 1 is 1.08 bits per heavy atom. The Balaban J connectivity index is 1.99. The zero-order chi connectivity index (χ0) is 18.1. The lowest BCUT2D eigenvalue weighted by atomic mass is 10.1. The summed E-state index contributed by atoms with van der Waals surface area (Å²) in [5.74, 6) is 1.36. The molecule has 2 aromatic carbocycles. The van der Waals surface area contributed by atoms with Gasteiger partial charge in [0.15, 0.2) is 11.5 Å². The van der Waals surface area contributed by atoms with E-state index in [1.165, 1.54) is 0 Å². The Bertz CT molecular complexity index is 649. The van der Waals surface area contributed by atoms with Gasteiger partial charge in [-0.3, -0.25) is 0 Å². The molecule has 0 fully saturated rings. The van der Waals surface area contributed by atoms with Crippen LogP contribution in [0.2, 0.25) is 5.02 Å². The van der Waals surface area contributed by atoms with Crippen LogP contribution in [-0.2, 0) is 6.54 Å². The second-order valence-corrected chi connectivity index (χ2v) is 6.14. The van der Waals surface area contributed by atoms with Crippen LogP contribution in [0.1, 0.15) is 37.5 Å². The van der Waals surface area contributed by atoms with E-state index in [-0.39, 0.29) is 0 Å². The van der Waals surface area contributed by atoms with Gasteiger partial charge in [-0.15, -0.1) is 0 Å². The number of aliphatic hydroxyl groups excluding tert-OH is 1. The summed E-state index contributed by atoms with van der Waals surface area (Å²) < 4.78 is 11.4. The molecule has 0 aliphatic rings. The normalized spacial score (nSPS) is 12.0. The van der Waals surface area contributed by atoms with Crippen molar-refractivity contribution in [3.63, 3.8) is 0 Å². The molecule has 0 saturated carbocycles. The molecule has 5 heteroatoms. The lowest BCUT2D eigenvalue weighted by molar-refractivity contribution is 0.174. The highest BCUT2D eigenvalue weighted by Gasteiger charge is 2.12. The Labute approximate surface area is 154 Å². The van der Waals surface area contributed by atoms with Crippen molar-refractivity contribution in [3.05, 3.63) is 58.6 Å². The first kappa shape index (κ1) is 19.6. The van der Waals surface area contributed by atoms with Crippen molar-refractivity contribution in [1.82, 2.24) is 5.32 Å². The summed E-state index contributed by atoms with van der Waals surface area (Å²) in [7, 11) is 0. The Hall–Kier alpha value is -1.75. The van der Waals surface area contributed by atoms with Crippen LogP contribution >= 0.6 is 11.6 Å². The summed E-state index contributed by atoms with van der Waals surface area (Å²) in [4.78, 5) is 0. The molecule has 0 aliphatic carbocycles. The first-order valence-corrected chi connectivity index (χ1v) is 9.05. The van der Waals surface area contributed by atoms with E-state index in [4.69, 9.17) is 21.1 Å². The summed E-state index contributed by atoms with van der Waals surface area (Å²) in [5.41, 5.74) is 1.80. The molecule has 4 nitrogen and oxygen atoms in total. The largest absolute Gasteiger partial charge is 0.490 e. The highest BCUT2D eigenvalue weighted by Crippen LogP contribution is 2.33. The smallest absolute Gasteiger partial charge is 0.162 e. The topological polar surface area (TPSA) is 50.7 Å². The molecule has 0 heterocycles. The molecule has 0 amide bonds. The third kappa shape index (κ3) is 5.92. The average molecular weight is 364 g/mol. The van der Waals surface area contributed by atoms with Gasteiger partial charge in [0.05, 0.1) is 19.3 Å². The van der Waals surface area contributed by atoms with Crippen molar-refractivity contribution in [1.29, 1.82) is 0 Å². The molecule has 2 N–H and O–H groups in total. The van der Waals surface area contributed by atoms with Crippen LogP contribution < -0.4 is 14.8 Å². The molecule has 136 valence electrons. The molecule has 25 heavy (non-hydrogen) atoms. The molecule has 2 rings (SSSR count). The van der Waals surface area contributed by atoms with Crippen LogP contribution in [0.4, 0.5) is 0 Å². The molecular formula is C20H26ClNO3. The van der Waals surface area contributed by atoms with E-state index in [1.807, 2.05) is 43.3 Å². The highest BCUT2D eigenvalue weighted by molar-refractivity contribution is 6.31. The van der Waals surface area contributed by atoms with Gasteiger partial charge in [-0.25, -0.2) is 0 Å². The maximum absolute atomic E-state index is 10.2. The molecular weight excluding hydrogens is 338 g/mol. The van der Waals surface area contributed by atoms with E-state index in [0.717, 1.165) is 17.5 Å². The predicted molar refractivity (Wildman–Crippen MR) is 102 cm³/mol. The fraction of sp³-hybridized carbons (Fsp3) is 0.400. The Morgan fingerprint density at radius 3 is 2.48 bits per heavy atom. The minimum Gasteiger partial charge on any atom is -0.490 e. The summed E-state index contributed by atoms with van der Waals surface area (Å²) in [6, 6.07) is 13.3. The van der Waals surface area contributed by atoms with Crippen molar-refractivity contribution in [2.45, 2.75) is 32.9 Å². The van der Waals surface area contributed by atoms with Gasteiger partial charge in [-0.05, 0) is 30.5 Å². The molecule has 0 radical (unpaired) electrons. The van der Waals surface area contributed by atoms with Crippen LogP contribution in [0, 0.1) is 0 Å². The van der Waals surface area contributed by atoms with Crippen LogP contribution in [0.15, 0.2) is 42.5 Å². The first-order valence-electron chi connectivity index (χ1n) is 8.67. The van der Waals surface area contributed by atoms with E-state index in [2.05, 4.69) is 12.2 Å². The Morgan fingerprint density at radius 2 is 1.80 bits per heavy atom. The van der Waals surface area contributed by atoms with E-state index in [0.29, 0.717) is 42.8 Å². The fourth-order valence-corrected chi connectivity index (χ4v) is 2.66. The zero-order valence-electron chi connectivity index (χ0n) is 14.8. The van der Waals surface area contributed by atoms with Crippen LogP contribution in [0.3, 0.4) is 0 Å². The van der Waals surface area contributed by atoms with Crippen LogP contribution in [0.25, 0.3) is 0 Å². The second kappa shape index (κ2) is 10.3. The number of aliphatic hydroxyl groups is 1. The van der Waals surface area contributed by atoms with Gasteiger partial charge in [-0.1, -0.05) is 48.9 Å². The third-order valence-corrected chi connectivity index (χ3v) is 4.06. The van der Waals surface area contributed by atoms with Crippen molar-refractivity contribution >= 4 is 11.6 Å². The van der Waals surface area contributed by atoms with Gasteiger partial charge >= 0.3 is 0 Å². The molecule has 1 atom stereocenters. The van der Waals surface area contributed by atoms with Crippen molar-refractivity contribution < 1.29 is 14.6 Å². The van der Waals surface area contributed by atoms with Gasteiger partial charge in [-0.2, -0.15) is 0 Å².